The number of rotatable bonds is 4. The zero-order valence-corrected chi connectivity index (χ0v) is 11.4. The third kappa shape index (κ3) is 3.93. The number of benzene rings is 1. The van der Waals surface area contributed by atoms with E-state index in [4.69, 9.17) is 4.52 Å². The van der Waals surface area contributed by atoms with E-state index in [-0.39, 0.29) is 11.5 Å². The summed E-state index contributed by atoms with van der Waals surface area (Å²) in [5.41, 5.74) is 0.190. The molecule has 0 N–H and O–H groups in total. The van der Waals surface area contributed by atoms with Gasteiger partial charge >= 0.3 is 6.18 Å². The highest BCUT2D eigenvalue weighted by Gasteiger charge is 2.30. The molecule has 1 unspecified atom stereocenters. The molecule has 7 heteroatoms. The molecule has 2 rings (SSSR count). The summed E-state index contributed by atoms with van der Waals surface area (Å²) in [6, 6.07) is 6.51. The zero-order valence-electron chi connectivity index (χ0n) is 10.6. The second-order valence-corrected chi connectivity index (χ2v) is 5.81. The summed E-state index contributed by atoms with van der Waals surface area (Å²) in [6.45, 7) is 1.71. The minimum Gasteiger partial charge on any atom is -0.361 e. The van der Waals surface area contributed by atoms with Crippen molar-refractivity contribution in [2.24, 2.45) is 0 Å². The first-order valence-corrected chi connectivity index (χ1v) is 7.27. The summed E-state index contributed by atoms with van der Waals surface area (Å²) in [6.07, 6.45) is -4.39. The molecule has 1 heterocycles. The second kappa shape index (κ2) is 5.78. The third-order valence-corrected chi connectivity index (χ3v) is 3.84. The van der Waals surface area contributed by atoms with Gasteiger partial charge in [-0.05, 0) is 18.6 Å². The Morgan fingerprint density at radius 1 is 1.25 bits per heavy atom. The van der Waals surface area contributed by atoms with Gasteiger partial charge in [-0.1, -0.05) is 23.4 Å². The van der Waals surface area contributed by atoms with Crippen molar-refractivity contribution in [1.29, 1.82) is 0 Å². The van der Waals surface area contributed by atoms with Crippen LogP contribution in [0.3, 0.4) is 0 Å². The minimum absolute atomic E-state index is 0.0514. The summed E-state index contributed by atoms with van der Waals surface area (Å²) in [5, 5.41) is 3.71. The molecule has 0 saturated carbocycles. The van der Waals surface area contributed by atoms with Gasteiger partial charge in [-0.25, -0.2) is 0 Å². The Labute approximate surface area is 116 Å². The lowest BCUT2D eigenvalue weighted by Gasteiger charge is -2.08. The maximum Gasteiger partial charge on any atom is 0.416 e. The number of hydrogen-bond acceptors (Lipinski definition) is 3. The van der Waals surface area contributed by atoms with E-state index in [1.54, 1.807) is 13.0 Å². The molecule has 0 amide bonds. The summed E-state index contributed by atoms with van der Waals surface area (Å²) < 4.78 is 54.4. The molecule has 0 spiro atoms. The van der Waals surface area contributed by atoms with Crippen molar-refractivity contribution in [3.63, 3.8) is 0 Å². The van der Waals surface area contributed by atoms with E-state index in [2.05, 4.69) is 5.16 Å². The molecule has 2 aromatic rings. The Balaban J connectivity index is 2.04. The van der Waals surface area contributed by atoms with Crippen LogP contribution in [0.15, 0.2) is 34.9 Å². The van der Waals surface area contributed by atoms with E-state index < -0.39 is 22.5 Å². The van der Waals surface area contributed by atoms with Gasteiger partial charge < -0.3 is 4.52 Å². The van der Waals surface area contributed by atoms with Gasteiger partial charge in [0.2, 0.25) is 0 Å². The Bertz CT molecular complexity index is 622. The van der Waals surface area contributed by atoms with E-state index in [9.17, 15) is 17.4 Å². The summed E-state index contributed by atoms with van der Waals surface area (Å²) in [7, 11) is -1.33. The van der Waals surface area contributed by atoms with Crippen molar-refractivity contribution in [2.45, 2.75) is 24.6 Å². The standard InChI is InChI=1S/C13H12F3NO2S/c1-9-5-12(17-19-9)8-20(18)7-10-3-2-4-11(6-10)13(14,15)16/h2-6H,7-8H2,1H3. The SMILES string of the molecule is Cc1cc(CS(=O)Cc2cccc(C(F)(F)F)c2)no1. The number of hydrogen-bond donors (Lipinski definition) is 0. The molecular weight excluding hydrogens is 291 g/mol. The van der Waals surface area contributed by atoms with E-state index in [1.807, 2.05) is 0 Å². The fourth-order valence-electron chi connectivity index (χ4n) is 1.73. The number of halogens is 3. The average molecular weight is 303 g/mol. The van der Waals surface area contributed by atoms with Gasteiger partial charge in [0.25, 0.3) is 0 Å². The first-order chi connectivity index (χ1) is 9.34. The van der Waals surface area contributed by atoms with Crippen molar-refractivity contribution in [1.82, 2.24) is 5.16 Å². The van der Waals surface area contributed by atoms with Crippen LogP contribution >= 0.6 is 0 Å². The van der Waals surface area contributed by atoms with Crippen LogP contribution in [0.2, 0.25) is 0 Å². The van der Waals surface area contributed by atoms with Gasteiger partial charge in [0.1, 0.15) is 5.76 Å². The maximum absolute atomic E-state index is 12.6. The number of alkyl halides is 3. The van der Waals surface area contributed by atoms with Crippen LogP contribution in [0.5, 0.6) is 0 Å². The van der Waals surface area contributed by atoms with Crippen LogP contribution in [0.25, 0.3) is 0 Å². The molecule has 1 atom stereocenters. The first kappa shape index (κ1) is 14.8. The Hall–Kier alpha value is -1.63. The fourth-order valence-corrected chi connectivity index (χ4v) is 2.84. The lowest BCUT2D eigenvalue weighted by Crippen LogP contribution is -2.06. The van der Waals surface area contributed by atoms with Crippen LogP contribution in [-0.2, 0) is 28.5 Å². The highest BCUT2D eigenvalue weighted by molar-refractivity contribution is 7.83. The van der Waals surface area contributed by atoms with Crippen LogP contribution < -0.4 is 0 Å². The molecule has 1 aromatic heterocycles. The quantitative estimate of drug-likeness (QED) is 0.869. The second-order valence-electron chi connectivity index (χ2n) is 4.36. The number of aromatic nitrogens is 1. The molecule has 20 heavy (non-hydrogen) atoms. The molecule has 0 radical (unpaired) electrons. The molecule has 0 saturated heterocycles. The van der Waals surface area contributed by atoms with E-state index in [0.717, 1.165) is 12.1 Å². The Morgan fingerprint density at radius 3 is 2.60 bits per heavy atom. The molecule has 1 aromatic carbocycles. The highest BCUT2D eigenvalue weighted by atomic mass is 32.2. The normalized spacial score (nSPS) is 13.4. The lowest BCUT2D eigenvalue weighted by molar-refractivity contribution is -0.137. The van der Waals surface area contributed by atoms with Gasteiger partial charge in [-0.15, -0.1) is 0 Å². The van der Waals surface area contributed by atoms with E-state index in [0.29, 0.717) is 17.0 Å². The monoisotopic (exact) mass is 303 g/mol. The molecule has 0 aliphatic carbocycles. The maximum atomic E-state index is 12.6. The smallest absolute Gasteiger partial charge is 0.361 e. The third-order valence-electron chi connectivity index (χ3n) is 2.57. The Morgan fingerprint density at radius 2 is 2.00 bits per heavy atom. The van der Waals surface area contributed by atoms with E-state index >= 15 is 0 Å². The average Bonchev–Trinajstić information content (AvgIpc) is 2.73. The largest absolute Gasteiger partial charge is 0.416 e. The predicted octanol–water partition coefficient (Wildman–Crippen LogP) is 3.45. The highest BCUT2D eigenvalue weighted by Crippen LogP contribution is 2.29. The molecule has 0 fully saturated rings. The van der Waals surface area contributed by atoms with Crippen molar-refractivity contribution in [2.75, 3.05) is 0 Å². The first-order valence-electron chi connectivity index (χ1n) is 5.78. The van der Waals surface area contributed by atoms with Gasteiger partial charge in [-0.2, -0.15) is 13.2 Å². The van der Waals surface area contributed by atoms with Crippen molar-refractivity contribution < 1.29 is 21.9 Å². The fraction of sp³-hybridized carbons (Fsp3) is 0.308. The number of nitrogens with zero attached hydrogens (tertiary/aromatic N) is 1. The van der Waals surface area contributed by atoms with Crippen molar-refractivity contribution in [3.05, 3.63) is 52.9 Å². The van der Waals surface area contributed by atoms with Crippen molar-refractivity contribution >= 4 is 10.8 Å². The lowest BCUT2D eigenvalue weighted by atomic mass is 10.1. The van der Waals surface area contributed by atoms with E-state index in [1.165, 1.54) is 12.1 Å². The van der Waals surface area contributed by atoms with Crippen molar-refractivity contribution in [3.8, 4) is 0 Å². The van der Waals surface area contributed by atoms with Gasteiger partial charge in [-0.3, -0.25) is 4.21 Å². The minimum atomic E-state index is -4.39. The predicted molar refractivity (Wildman–Crippen MR) is 68.2 cm³/mol. The van der Waals surface area contributed by atoms with Crippen LogP contribution in [0, 0.1) is 6.92 Å². The van der Waals surface area contributed by atoms with Crippen LogP contribution in [-0.4, -0.2) is 9.37 Å². The zero-order chi connectivity index (χ0) is 14.8. The molecule has 0 aliphatic rings. The molecule has 0 aliphatic heterocycles. The summed E-state index contributed by atoms with van der Waals surface area (Å²) in [5.74, 6) is 0.819. The van der Waals surface area contributed by atoms with Gasteiger partial charge in [0.15, 0.2) is 0 Å². The molecular formula is C13H12F3NO2S. The summed E-state index contributed by atoms with van der Waals surface area (Å²) >= 11 is 0. The van der Waals surface area contributed by atoms with Crippen LogP contribution in [0.1, 0.15) is 22.6 Å². The van der Waals surface area contributed by atoms with Gasteiger partial charge in [0.05, 0.1) is 17.0 Å². The van der Waals surface area contributed by atoms with Gasteiger partial charge in [0, 0.05) is 22.6 Å². The topological polar surface area (TPSA) is 43.1 Å². The molecule has 108 valence electrons. The molecule has 3 nitrogen and oxygen atoms in total. The molecule has 0 bridgehead atoms. The Kier molecular flexibility index (Phi) is 4.27. The number of aryl methyl sites for hydroxylation is 1. The summed E-state index contributed by atoms with van der Waals surface area (Å²) in [4.78, 5) is 0. The van der Waals surface area contributed by atoms with Crippen LogP contribution in [0.4, 0.5) is 13.2 Å².